The van der Waals surface area contributed by atoms with E-state index in [2.05, 4.69) is 6.07 Å². The summed E-state index contributed by atoms with van der Waals surface area (Å²) in [5, 5.41) is 8.87. The van der Waals surface area contributed by atoms with E-state index < -0.39 is 5.60 Å². The topological polar surface area (TPSA) is 53.3 Å². The SMILES string of the molecule is CC(C)(C)OC(=O)N1CC/C(=C/C#N)CC1c1ccccc1. The maximum atomic E-state index is 12.5. The molecule has 1 aliphatic rings. The molecule has 0 aliphatic carbocycles. The van der Waals surface area contributed by atoms with E-state index in [1.54, 1.807) is 11.0 Å². The molecule has 0 aromatic heterocycles. The number of rotatable bonds is 1. The molecule has 4 nitrogen and oxygen atoms in total. The maximum Gasteiger partial charge on any atom is 0.410 e. The Bertz CT molecular complexity index is 594. The fourth-order valence-electron chi connectivity index (χ4n) is 2.61. The first-order chi connectivity index (χ1) is 10.4. The van der Waals surface area contributed by atoms with Gasteiger partial charge in [0.2, 0.25) is 0 Å². The summed E-state index contributed by atoms with van der Waals surface area (Å²) in [5.41, 5.74) is 1.63. The molecule has 2 rings (SSSR count). The largest absolute Gasteiger partial charge is 0.444 e. The molecular formula is C18H22N2O2. The second-order valence-corrected chi connectivity index (χ2v) is 6.49. The van der Waals surface area contributed by atoms with Crippen molar-refractivity contribution in [2.45, 2.75) is 45.3 Å². The van der Waals surface area contributed by atoms with Gasteiger partial charge < -0.3 is 9.64 Å². The van der Waals surface area contributed by atoms with Gasteiger partial charge in [-0.25, -0.2) is 4.79 Å². The van der Waals surface area contributed by atoms with Crippen LogP contribution in [-0.2, 0) is 4.74 Å². The van der Waals surface area contributed by atoms with Crippen LogP contribution in [-0.4, -0.2) is 23.1 Å². The first-order valence-electron chi connectivity index (χ1n) is 7.53. The average molecular weight is 298 g/mol. The van der Waals surface area contributed by atoms with Crippen LogP contribution in [0.3, 0.4) is 0 Å². The van der Waals surface area contributed by atoms with Crippen LogP contribution in [0.15, 0.2) is 42.0 Å². The molecule has 0 spiro atoms. The number of carbonyl (C=O) groups excluding carboxylic acids is 1. The zero-order chi connectivity index (χ0) is 16.2. The van der Waals surface area contributed by atoms with E-state index in [4.69, 9.17) is 10.00 Å². The summed E-state index contributed by atoms with van der Waals surface area (Å²) in [6.45, 7) is 6.18. The zero-order valence-corrected chi connectivity index (χ0v) is 13.4. The number of piperidine rings is 1. The van der Waals surface area contributed by atoms with Crippen LogP contribution >= 0.6 is 0 Å². The van der Waals surface area contributed by atoms with Crippen LogP contribution in [0.4, 0.5) is 4.79 Å². The number of likely N-dealkylation sites (tertiary alicyclic amines) is 1. The summed E-state index contributed by atoms with van der Waals surface area (Å²) in [6.07, 6.45) is 2.70. The lowest BCUT2D eigenvalue weighted by Gasteiger charge is -2.38. The van der Waals surface area contributed by atoms with Gasteiger partial charge in [0, 0.05) is 12.6 Å². The molecule has 1 fully saturated rings. The van der Waals surface area contributed by atoms with Crippen molar-refractivity contribution in [1.29, 1.82) is 5.26 Å². The van der Waals surface area contributed by atoms with E-state index in [9.17, 15) is 4.79 Å². The third kappa shape index (κ3) is 4.11. The fraction of sp³-hybridized carbons (Fsp3) is 0.444. The Kier molecular flexibility index (Phi) is 4.87. The molecule has 0 radical (unpaired) electrons. The predicted octanol–water partition coefficient (Wildman–Crippen LogP) is 4.21. The highest BCUT2D eigenvalue weighted by Gasteiger charge is 2.32. The summed E-state index contributed by atoms with van der Waals surface area (Å²) in [7, 11) is 0. The van der Waals surface area contributed by atoms with Gasteiger partial charge in [-0.1, -0.05) is 35.9 Å². The average Bonchev–Trinajstić information content (AvgIpc) is 2.46. The van der Waals surface area contributed by atoms with Crippen molar-refractivity contribution < 1.29 is 9.53 Å². The van der Waals surface area contributed by atoms with Crippen molar-refractivity contribution >= 4 is 6.09 Å². The first-order valence-corrected chi connectivity index (χ1v) is 7.53. The lowest BCUT2D eigenvalue weighted by molar-refractivity contribution is 0.0130. The van der Waals surface area contributed by atoms with Crippen molar-refractivity contribution in [3.63, 3.8) is 0 Å². The minimum atomic E-state index is -0.513. The Labute approximate surface area is 132 Å². The summed E-state index contributed by atoms with van der Waals surface area (Å²) in [5.74, 6) is 0. The molecule has 0 saturated carbocycles. The maximum absolute atomic E-state index is 12.5. The van der Waals surface area contributed by atoms with Crippen molar-refractivity contribution in [3.05, 3.63) is 47.5 Å². The van der Waals surface area contributed by atoms with Crippen molar-refractivity contribution in [1.82, 2.24) is 4.90 Å². The molecule has 116 valence electrons. The summed E-state index contributed by atoms with van der Waals surface area (Å²) >= 11 is 0. The van der Waals surface area contributed by atoms with E-state index in [0.717, 1.165) is 17.6 Å². The van der Waals surface area contributed by atoms with Gasteiger partial charge in [0.15, 0.2) is 0 Å². The minimum Gasteiger partial charge on any atom is -0.444 e. The van der Waals surface area contributed by atoms with Gasteiger partial charge in [-0.2, -0.15) is 5.26 Å². The summed E-state index contributed by atoms with van der Waals surface area (Å²) in [6, 6.07) is 11.9. The summed E-state index contributed by atoms with van der Waals surface area (Å²) < 4.78 is 5.53. The van der Waals surface area contributed by atoms with Gasteiger partial charge >= 0.3 is 6.09 Å². The highest BCUT2D eigenvalue weighted by atomic mass is 16.6. The number of nitriles is 1. The lowest BCUT2D eigenvalue weighted by Crippen LogP contribution is -2.42. The molecule has 1 aromatic carbocycles. The number of nitrogens with zero attached hydrogens (tertiary/aromatic N) is 2. The quantitative estimate of drug-likeness (QED) is 0.730. The smallest absolute Gasteiger partial charge is 0.410 e. The second kappa shape index (κ2) is 6.65. The molecule has 1 aliphatic heterocycles. The van der Waals surface area contributed by atoms with Gasteiger partial charge in [-0.3, -0.25) is 0 Å². The predicted molar refractivity (Wildman–Crippen MR) is 85.1 cm³/mol. The van der Waals surface area contributed by atoms with Crippen LogP contribution < -0.4 is 0 Å². The minimum absolute atomic E-state index is 0.0793. The van der Waals surface area contributed by atoms with Gasteiger partial charge in [0.25, 0.3) is 0 Å². The third-order valence-corrected chi connectivity index (χ3v) is 3.59. The molecule has 1 saturated heterocycles. The Morgan fingerprint density at radius 3 is 2.64 bits per heavy atom. The zero-order valence-electron chi connectivity index (χ0n) is 13.4. The number of hydrogen-bond acceptors (Lipinski definition) is 3. The van der Waals surface area contributed by atoms with E-state index in [0.29, 0.717) is 13.0 Å². The number of amides is 1. The molecule has 1 heterocycles. The van der Waals surface area contributed by atoms with Crippen molar-refractivity contribution in [3.8, 4) is 6.07 Å². The van der Waals surface area contributed by atoms with Crippen LogP contribution in [0, 0.1) is 11.3 Å². The van der Waals surface area contributed by atoms with E-state index >= 15 is 0 Å². The van der Waals surface area contributed by atoms with Gasteiger partial charge in [-0.15, -0.1) is 0 Å². The molecule has 1 atom stereocenters. The van der Waals surface area contributed by atoms with Gasteiger partial charge in [0.1, 0.15) is 5.60 Å². The van der Waals surface area contributed by atoms with E-state index in [1.807, 2.05) is 51.1 Å². The molecule has 4 heteroatoms. The van der Waals surface area contributed by atoms with Crippen molar-refractivity contribution in [2.24, 2.45) is 0 Å². The lowest BCUT2D eigenvalue weighted by atomic mass is 9.91. The molecule has 1 amide bonds. The normalized spacial score (nSPS) is 20.5. The monoisotopic (exact) mass is 298 g/mol. The molecular weight excluding hydrogens is 276 g/mol. The molecule has 0 bridgehead atoms. The highest BCUT2D eigenvalue weighted by Crippen LogP contribution is 2.34. The standard InChI is InChI=1S/C18H22N2O2/c1-18(2,3)22-17(21)20-12-10-14(9-11-19)13-16(20)15-7-5-4-6-8-15/h4-9,16H,10,12-13H2,1-3H3/b14-9-. The number of carbonyl (C=O) groups is 1. The molecule has 1 aromatic rings. The Morgan fingerprint density at radius 1 is 1.36 bits per heavy atom. The number of ether oxygens (including phenoxy) is 1. The molecule has 22 heavy (non-hydrogen) atoms. The fourth-order valence-corrected chi connectivity index (χ4v) is 2.61. The Hall–Kier alpha value is -2.28. The van der Waals surface area contributed by atoms with Gasteiger partial charge in [-0.05, 0) is 39.2 Å². The summed E-state index contributed by atoms with van der Waals surface area (Å²) in [4.78, 5) is 14.3. The van der Waals surface area contributed by atoms with Crippen molar-refractivity contribution in [2.75, 3.05) is 6.54 Å². The van der Waals surface area contributed by atoms with Crippen LogP contribution in [0.1, 0.15) is 45.2 Å². The van der Waals surface area contributed by atoms with Crippen LogP contribution in [0.25, 0.3) is 0 Å². The number of allylic oxidation sites excluding steroid dienone is 1. The second-order valence-electron chi connectivity index (χ2n) is 6.49. The van der Waals surface area contributed by atoms with Crippen LogP contribution in [0.5, 0.6) is 0 Å². The first kappa shape index (κ1) is 16.1. The van der Waals surface area contributed by atoms with Crippen LogP contribution in [0.2, 0.25) is 0 Å². The third-order valence-electron chi connectivity index (χ3n) is 3.59. The molecule has 0 N–H and O–H groups in total. The Balaban J connectivity index is 2.26. The Morgan fingerprint density at radius 2 is 2.05 bits per heavy atom. The van der Waals surface area contributed by atoms with Gasteiger partial charge in [0.05, 0.1) is 12.1 Å². The highest BCUT2D eigenvalue weighted by molar-refractivity contribution is 5.69. The molecule has 1 unspecified atom stereocenters. The number of hydrogen-bond donors (Lipinski definition) is 0. The van der Waals surface area contributed by atoms with E-state index in [1.165, 1.54) is 0 Å². The number of benzene rings is 1. The van der Waals surface area contributed by atoms with E-state index in [-0.39, 0.29) is 12.1 Å².